The van der Waals surface area contributed by atoms with Gasteiger partial charge in [-0.05, 0) is 25.2 Å². The molecule has 0 heterocycles. The van der Waals surface area contributed by atoms with Crippen molar-refractivity contribution in [1.82, 2.24) is 0 Å². The Hall–Kier alpha value is 0.720. The Kier molecular flexibility index (Phi) is 4.07. The highest BCUT2D eigenvalue weighted by molar-refractivity contribution is 7.38. The Labute approximate surface area is 53.3 Å². The summed E-state index contributed by atoms with van der Waals surface area (Å²) in [5.74, 6) is 0. The maximum atomic E-state index is 2.31. The van der Waals surface area contributed by atoms with E-state index < -0.39 is 0 Å². The molecule has 0 spiro atoms. The lowest BCUT2D eigenvalue weighted by atomic mass is 10.00. The quantitative estimate of drug-likeness (QED) is 0.488. The van der Waals surface area contributed by atoms with Gasteiger partial charge < -0.3 is 0 Å². The van der Waals surface area contributed by atoms with Crippen molar-refractivity contribution < 1.29 is 0 Å². The summed E-state index contributed by atoms with van der Waals surface area (Å²) in [7, 11) is 1.22. The van der Waals surface area contributed by atoms with Crippen molar-refractivity contribution in [2.24, 2.45) is 0 Å². The standard InChI is InChI=1S/C5H11P.ClH/c1-6-5-3-2-4-5;/h5-6H,2-4H2,1H3;1H. The first-order valence-corrected chi connectivity index (χ1v) is 4.18. The highest BCUT2D eigenvalue weighted by Gasteiger charge is 2.13. The summed E-state index contributed by atoms with van der Waals surface area (Å²) in [5, 5.41) is 0. The van der Waals surface area contributed by atoms with E-state index in [1.807, 2.05) is 0 Å². The van der Waals surface area contributed by atoms with Gasteiger partial charge in [0.1, 0.15) is 0 Å². The van der Waals surface area contributed by atoms with Crippen LogP contribution in [0.3, 0.4) is 0 Å². The summed E-state index contributed by atoms with van der Waals surface area (Å²) in [4.78, 5) is 0. The summed E-state index contributed by atoms with van der Waals surface area (Å²) in [6, 6.07) is 0. The first-order valence-electron chi connectivity index (χ1n) is 2.61. The summed E-state index contributed by atoms with van der Waals surface area (Å²) < 4.78 is 0. The monoisotopic (exact) mass is 138 g/mol. The molecule has 1 atom stereocenters. The number of rotatable bonds is 1. The minimum atomic E-state index is 0. The lowest BCUT2D eigenvalue weighted by Crippen LogP contribution is -2.10. The largest absolute Gasteiger partial charge is 0.147 e. The Bertz CT molecular complexity index is 40.6. The molecule has 0 nitrogen and oxygen atoms in total. The fraction of sp³-hybridized carbons (Fsp3) is 1.00. The Morgan fingerprint density at radius 3 is 2.00 bits per heavy atom. The smallest absolute Gasteiger partial charge is 0.0239 e. The molecule has 1 aliphatic carbocycles. The predicted molar refractivity (Wildman–Crippen MR) is 39.1 cm³/mol. The van der Waals surface area contributed by atoms with E-state index in [2.05, 4.69) is 6.66 Å². The molecule has 0 radical (unpaired) electrons. The molecule has 0 aromatic carbocycles. The third kappa shape index (κ3) is 1.97. The van der Waals surface area contributed by atoms with E-state index in [0.717, 1.165) is 5.66 Å². The van der Waals surface area contributed by atoms with Gasteiger partial charge in [-0.3, -0.25) is 0 Å². The second-order valence-electron chi connectivity index (χ2n) is 1.92. The van der Waals surface area contributed by atoms with Crippen molar-refractivity contribution in [3.63, 3.8) is 0 Å². The van der Waals surface area contributed by atoms with Crippen molar-refractivity contribution in [1.29, 1.82) is 0 Å². The molecule has 0 aromatic heterocycles. The first-order chi connectivity index (χ1) is 2.93. The molecule has 44 valence electrons. The van der Waals surface area contributed by atoms with Crippen LogP contribution in [-0.4, -0.2) is 12.3 Å². The van der Waals surface area contributed by atoms with Gasteiger partial charge in [0, 0.05) is 0 Å². The lowest BCUT2D eigenvalue weighted by molar-refractivity contribution is 0.519. The van der Waals surface area contributed by atoms with E-state index in [1.54, 1.807) is 0 Å². The molecule has 7 heavy (non-hydrogen) atoms. The van der Waals surface area contributed by atoms with E-state index in [9.17, 15) is 0 Å². The average molecular weight is 139 g/mol. The second-order valence-corrected chi connectivity index (χ2v) is 3.31. The van der Waals surface area contributed by atoms with Gasteiger partial charge in [-0.25, -0.2) is 0 Å². The Balaban J connectivity index is 0.000000360. The van der Waals surface area contributed by atoms with Crippen molar-refractivity contribution >= 4 is 21.0 Å². The molecule has 0 aromatic rings. The van der Waals surface area contributed by atoms with Gasteiger partial charge in [0.2, 0.25) is 0 Å². The molecule has 1 saturated carbocycles. The van der Waals surface area contributed by atoms with E-state index >= 15 is 0 Å². The third-order valence-corrected chi connectivity index (χ3v) is 2.91. The molecular formula is C5H12ClP. The Morgan fingerprint density at radius 1 is 1.43 bits per heavy atom. The lowest BCUT2D eigenvalue weighted by Gasteiger charge is -2.22. The van der Waals surface area contributed by atoms with Crippen LogP contribution in [0.25, 0.3) is 0 Å². The molecule has 0 aliphatic heterocycles. The van der Waals surface area contributed by atoms with Crippen LogP contribution in [0.4, 0.5) is 0 Å². The van der Waals surface area contributed by atoms with Crippen LogP contribution < -0.4 is 0 Å². The predicted octanol–water partition coefficient (Wildman–Crippen LogP) is 2.27. The van der Waals surface area contributed by atoms with Crippen molar-refractivity contribution in [3.8, 4) is 0 Å². The van der Waals surface area contributed by atoms with Crippen LogP contribution in [0, 0.1) is 0 Å². The molecule has 1 aliphatic rings. The number of halogens is 1. The van der Waals surface area contributed by atoms with E-state index in [0.29, 0.717) is 0 Å². The topological polar surface area (TPSA) is 0 Å². The Morgan fingerprint density at radius 2 is 2.00 bits per heavy atom. The SMILES string of the molecule is CPC1CCC1.Cl. The van der Waals surface area contributed by atoms with Gasteiger partial charge in [0.05, 0.1) is 0 Å². The van der Waals surface area contributed by atoms with Gasteiger partial charge in [-0.15, -0.1) is 21.0 Å². The highest BCUT2D eigenvalue weighted by Crippen LogP contribution is 2.32. The van der Waals surface area contributed by atoms with Gasteiger partial charge in [0.25, 0.3) is 0 Å². The summed E-state index contributed by atoms with van der Waals surface area (Å²) in [5.41, 5.74) is 1.14. The minimum Gasteiger partial charge on any atom is -0.147 e. The number of hydrogen-bond donors (Lipinski definition) is 0. The number of hydrogen-bond acceptors (Lipinski definition) is 0. The molecule has 0 saturated heterocycles. The molecule has 2 heteroatoms. The van der Waals surface area contributed by atoms with Gasteiger partial charge in [-0.1, -0.05) is 6.42 Å². The summed E-state index contributed by atoms with van der Waals surface area (Å²) in [6.07, 6.45) is 4.55. The minimum absolute atomic E-state index is 0. The first kappa shape index (κ1) is 7.72. The van der Waals surface area contributed by atoms with Gasteiger partial charge in [-0.2, -0.15) is 0 Å². The van der Waals surface area contributed by atoms with E-state index in [-0.39, 0.29) is 12.4 Å². The third-order valence-electron chi connectivity index (χ3n) is 1.51. The van der Waals surface area contributed by atoms with Crippen LogP contribution in [0.2, 0.25) is 0 Å². The molecule has 1 fully saturated rings. The molecule has 0 amide bonds. The maximum Gasteiger partial charge on any atom is -0.0239 e. The summed E-state index contributed by atoms with van der Waals surface area (Å²) >= 11 is 0. The molecule has 1 rings (SSSR count). The van der Waals surface area contributed by atoms with E-state index in [1.165, 1.54) is 27.8 Å². The van der Waals surface area contributed by atoms with Crippen LogP contribution in [0.1, 0.15) is 19.3 Å². The normalized spacial score (nSPS) is 21.9. The van der Waals surface area contributed by atoms with Crippen molar-refractivity contribution in [2.45, 2.75) is 24.9 Å². The van der Waals surface area contributed by atoms with Crippen molar-refractivity contribution in [2.75, 3.05) is 6.66 Å². The van der Waals surface area contributed by atoms with Crippen LogP contribution >= 0.6 is 21.0 Å². The van der Waals surface area contributed by atoms with Gasteiger partial charge >= 0.3 is 0 Å². The average Bonchev–Trinajstić information content (AvgIpc) is 1.31. The van der Waals surface area contributed by atoms with Crippen LogP contribution in [0.15, 0.2) is 0 Å². The fourth-order valence-electron chi connectivity index (χ4n) is 0.697. The maximum absolute atomic E-state index is 2.31. The van der Waals surface area contributed by atoms with Crippen LogP contribution in [0.5, 0.6) is 0 Å². The zero-order valence-corrected chi connectivity index (χ0v) is 6.42. The second kappa shape index (κ2) is 3.69. The zero-order valence-electron chi connectivity index (χ0n) is 4.61. The fourth-order valence-corrected chi connectivity index (χ4v) is 1.68. The summed E-state index contributed by atoms with van der Waals surface area (Å²) in [6.45, 7) is 2.31. The molecule has 1 unspecified atom stereocenters. The van der Waals surface area contributed by atoms with Crippen molar-refractivity contribution in [3.05, 3.63) is 0 Å². The molecule has 0 N–H and O–H groups in total. The zero-order chi connectivity index (χ0) is 4.41. The highest BCUT2D eigenvalue weighted by atomic mass is 35.5. The molecular weight excluding hydrogens is 126 g/mol. The molecule has 0 bridgehead atoms. The van der Waals surface area contributed by atoms with E-state index in [4.69, 9.17) is 0 Å². The van der Waals surface area contributed by atoms with Gasteiger partial charge in [0.15, 0.2) is 0 Å². The van der Waals surface area contributed by atoms with Crippen LogP contribution in [-0.2, 0) is 0 Å².